The molecule has 0 fully saturated rings. The number of amides is 1. The van der Waals surface area contributed by atoms with Crippen LogP contribution in [0.15, 0.2) is 77.7 Å². The van der Waals surface area contributed by atoms with Crippen LogP contribution in [-0.2, 0) is 23.0 Å². The molecule has 3 aromatic rings. The van der Waals surface area contributed by atoms with E-state index in [1.165, 1.54) is 15.9 Å². The minimum Gasteiger partial charge on any atom is -0.493 e. The lowest BCUT2D eigenvalue weighted by atomic mass is 10.00. The molecule has 0 radical (unpaired) electrons. The van der Waals surface area contributed by atoms with E-state index in [4.69, 9.17) is 4.74 Å². The lowest BCUT2D eigenvalue weighted by molar-refractivity contribution is 0.0924. The van der Waals surface area contributed by atoms with Gasteiger partial charge < -0.3 is 10.1 Å². The van der Waals surface area contributed by atoms with Crippen LogP contribution in [-0.4, -0.2) is 31.8 Å². The van der Waals surface area contributed by atoms with Gasteiger partial charge in [-0.1, -0.05) is 48.5 Å². The Morgan fingerprint density at radius 3 is 2.62 bits per heavy atom. The SMILES string of the molecule is O=C(N[C@@H]1CCOc2ccccc21)c1cccc(S(=O)(=O)N2CCc3ccccc3C2)c1. The molecule has 0 saturated heterocycles. The third-order valence-corrected chi connectivity index (χ3v) is 7.93. The van der Waals surface area contributed by atoms with Crippen LogP contribution in [0.2, 0.25) is 0 Å². The Bertz CT molecular complexity index is 1270. The molecule has 5 rings (SSSR count). The van der Waals surface area contributed by atoms with E-state index in [0.717, 1.165) is 16.9 Å². The van der Waals surface area contributed by atoms with E-state index >= 15 is 0 Å². The predicted molar refractivity (Wildman–Crippen MR) is 121 cm³/mol. The first-order valence-electron chi connectivity index (χ1n) is 10.7. The molecular formula is C25H24N2O4S. The Labute approximate surface area is 187 Å². The normalized spacial score (nSPS) is 18.2. The van der Waals surface area contributed by atoms with Crippen molar-refractivity contribution in [2.75, 3.05) is 13.2 Å². The quantitative estimate of drug-likeness (QED) is 0.661. The van der Waals surface area contributed by atoms with E-state index in [-0.39, 0.29) is 16.8 Å². The van der Waals surface area contributed by atoms with Gasteiger partial charge in [-0.3, -0.25) is 4.79 Å². The number of sulfonamides is 1. The van der Waals surface area contributed by atoms with Crippen LogP contribution in [0, 0.1) is 0 Å². The van der Waals surface area contributed by atoms with Crippen LogP contribution in [0.3, 0.4) is 0 Å². The second kappa shape index (κ2) is 8.41. The summed E-state index contributed by atoms with van der Waals surface area (Å²) in [5.74, 6) is 0.471. The van der Waals surface area contributed by atoms with Crippen LogP contribution < -0.4 is 10.1 Å². The van der Waals surface area contributed by atoms with Gasteiger partial charge in [0.25, 0.3) is 5.91 Å². The van der Waals surface area contributed by atoms with Crippen molar-refractivity contribution in [3.05, 3.63) is 95.1 Å². The maximum atomic E-state index is 13.3. The molecule has 0 aromatic heterocycles. The van der Waals surface area contributed by atoms with Gasteiger partial charge in [0.15, 0.2) is 0 Å². The minimum absolute atomic E-state index is 0.136. The Kier molecular flexibility index (Phi) is 5.45. The molecule has 1 amide bonds. The van der Waals surface area contributed by atoms with Gasteiger partial charge >= 0.3 is 0 Å². The van der Waals surface area contributed by atoms with Crippen LogP contribution in [0.5, 0.6) is 5.75 Å². The fourth-order valence-electron chi connectivity index (χ4n) is 4.36. The van der Waals surface area contributed by atoms with Gasteiger partial charge in [0, 0.05) is 30.6 Å². The topological polar surface area (TPSA) is 75.7 Å². The van der Waals surface area contributed by atoms with Gasteiger partial charge in [-0.05, 0) is 41.8 Å². The molecule has 164 valence electrons. The summed E-state index contributed by atoms with van der Waals surface area (Å²) in [5.41, 5.74) is 3.47. The van der Waals surface area contributed by atoms with Crippen LogP contribution in [0.1, 0.15) is 39.5 Å². The number of carbonyl (C=O) groups is 1. The van der Waals surface area contributed by atoms with Gasteiger partial charge in [-0.15, -0.1) is 0 Å². The van der Waals surface area contributed by atoms with E-state index < -0.39 is 10.0 Å². The Morgan fingerprint density at radius 2 is 1.75 bits per heavy atom. The second-order valence-electron chi connectivity index (χ2n) is 8.09. The summed E-state index contributed by atoms with van der Waals surface area (Å²) in [5, 5.41) is 3.04. The molecule has 1 atom stereocenters. The van der Waals surface area contributed by atoms with Gasteiger partial charge in [-0.2, -0.15) is 4.31 Å². The van der Waals surface area contributed by atoms with Gasteiger partial charge in [0.2, 0.25) is 10.0 Å². The molecule has 6 nitrogen and oxygen atoms in total. The molecule has 0 aliphatic carbocycles. The van der Waals surface area contributed by atoms with E-state index in [9.17, 15) is 13.2 Å². The number of nitrogens with one attached hydrogen (secondary N) is 1. The highest BCUT2D eigenvalue weighted by molar-refractivity contribution is 7.89. The summed E-state index contributed by atoms with van der Waals surface area (Å²) in [4.78, 5) is 13.1. The van der Waals surface area contributed by atoms with E-state index in [1.807, 2.05) is 48.5 Å². The molecular weight excluding hydrogens is 424 g/mol. The summed E-state index contributed by atoms with van der Waals surface area (Å²) >= 11 is 0. The molecule has 32 heavy (non-hydrogen) atoms. The van der Waals surface area contributed by atoms with Gasteiger partial charge in [-0.25, -0.2) is 8.42 Å². The number of para-hydroxylation sites is 1. The molecule has 2 aliphatic rings. The highest BCUT2D eigenvalue weighted by Gasteiger charge is 2.29. The Morgan fingerprint density at radius 1 is 0.969 bits per heavy atom. The number of hydrogen-bond donors (Lipinski definition) is 1. The third kappa shape index (κ3) is 3.89. The molecule has 2 heterocycles. The average molecular weight is 449 g/mol. The number of carbonyl (C=O) groups excluding carboxylic acids is 1. The standard InChI is InChI=1S/C25H24N2O4S/c28-25(26-23-13-15-31-24-11-4-3-10-22(23)24)19-8-5-9-21(16-19)32(29,30)27-14-12-18-6-1-2-7-20(18)17-27/h1-11,16,23H,12-15,17H2,(H,26,28)/t23-/m1/s1. The molecule has 0 spiro atoms. The highest BCUT2D eigenvalue weighted by atomic mass is 32.2. The number of rotatable bonds is 4. The Balaban J connectivity index is 1.36. The number of ether oxygens (including phenoxy) is 1. The first-order valence-corrected chi connectivity index (χ1v) is 12.2. The molecule has 1 N–H and O–H groups in total. The van der Waals surface area contributed by atoms with Crippen molar-refractivity contribution in [2.45, 2.75) is 30.3 Å². The summed E-state index contributed by atoms with van der Waals surface area (Å²) in [6.45, 7) is 1.29. The van der Waals surface area contributed by atoms with Crippen molar-refractivity contribution in [3.63, 3.8) is 0 Å². The van der Waals surface area contributed by atoms with Crippen molar-refractivity contribution in [3.8, 4) is 5.75 Å². The van der Waals surface area contributed by atoms with E-state index in [1.54, 1.807) is 18.2 Å². The molecule has 2 aliphatic heterocycles. The first-order chi connectivity index (χ1) is 15.5. The third-order valence-electron chi connectivity index (χ3n) is 6.09. The summed E-state index contributed by atoms with van der Waals surface area (Å²) < 4.78 is 33.8. The summed E-state index contributed by atoms with van der Waals surface area (Å²) in [6.07, 6.45) is 1.34. The van der Waals surface area contributed by atoms with Crippen molar-refractivity contribution in [1.82, 2.24) is 9.62 Å². The zero-order chi connectivity index (χ0) is 22.1. The van der Waals surface area contributed by atoms with Crippen LogP contribution >= 0.6 is 0 Å². The maximum Gasteiger partial charge on any atom is 0.251 e. The minimum atomic E-state index is -3.71. The molecule has 0 bridgehead atoms. The lowest BCUT2D eigenvalue weighted by Crippen LogP contribution is -2.36. The zero-order valence-electron chi connectivity index (χ0n) is 17.5. The number of fused-ring (bicyclic) bond motifs is 2. The fourth-order valence-corrected chi connectivity index (χ4v) is 5.82. The van der Waals surface area contributed by atoms with E-state index in [2.05, 4.69) is 5.32 Å². The Hall–Kier alpha value is -3.16. The number of hydrogen-bond acceptors (Lipinski definition) is 4. The average Bonchev–Trinajstić information content (AvgIpc) is 2.84. The molecule has 0 saturated carbocycles. The van der Waals surface area contributed by atoms with Crippen LogP contribution in [0.25, 0.3) is 0 Å². The van der Waals surface area contributed by atoms with Crippen molar-refractivity contribution >= 4 is 15.9 Å². The van der Waals surface area contributed by atoms with Crippen molar-refractivity contribution < 1.29 is 17.9 Å². The van der Waals surface area contributed by atoms with Gasteiger partial charge in [0.1, 0.15) is 5.75 Å². The largest absolute Gasteiger partial charge is 0.493 e. The van der Waals surface area contributed by atoms with Gasteiger partial charge in [0.05, 0.1) is 17.5 Å². The lowest BCUT2D eigenvalue weighted by Gasteiger charge is -2.28. The molecule has 3 aromatic carbocycles. The molecule has 0 unspecified atom stereocenters. The number of nitrogens with zero attached hydrogens (tertiary/aromatic N) is 1. The van der Waals surface area contributed by atoms with E-state index in [0.29, 0.717) is 38.1 Å². The second-order valence-corrected chi connectivity index (χ2v) is 10.0. The predicted octanol–water partition coefficient (Wildman–Crippen LogP) is 3.69. The fraction of sp³-hybridized carbons (Fsp3) is 0.240. The monoisotopic (exact) mass is 448 g/mol. The van der Waals surface area contributed by atoms with Crippen molar-refractivity contribution in [1.29, 1.82) is 0 Å². The summed E-state index contributed by atoms with van der Waals surface area (Å²) in [7, 11) is -3.71. The maximum absolute atomic E-state index is 13.3. The van der Waals surface area contributed by atoms with Crippen molar-refractivity contribution in [2.24, 2.45) is 0 Å². The smallest absolute Gasteiger partial charge is 0.251 e. The molecule has 7 heteroatoms. The first kappa shape index (κ1) is 20.7. The van der Waals surface area contributed by atoms with Crippen LogP contribution in [0.4, 0.5) is 0 Å². The highest BCUT2D eigenvalue weighted by Crippen LogP contribution is 2.32. The zero-order valence-corrected chi connectivity index (χ0v) is 18.3. The number of benzene rings is 3. The summed E-state index contributed by atoms with van der Waals surface area (Å²) in [6, 6.07) is 21.7.